The SMILES string of the molecule is CCCCN(CC(NC(C)C)C(=O)OC)c1ccccc1. The van der Waals surface area contributed by atoms with Gasteiger partial charge in [-0.15, -0.1) is 0 Å². The number of ether oxygens (including phenoxy) is 1. The fourth-order valence-electron chi connectivity index (χ4n) is 2.27. The highest BCUT2D eigenvalue weighted by atomic mass is 16.5. The standard InChI is InChI=1S/C17H28N2O2/c1-5-6-12-19(15-10-8-7-9-11-15)13-16(17(20)21-4)18-14(2)3/h7-11,14,16,18H,5-6,12-13H2,1-4H3. The number of nitrogens with one attached hydrogen (secondary N) is 1. The Kier molecular flexibility index (Phi) is 7.83. The first-order valence-corrected chi connectivity index (χ1v) is 7.72. The molecule has 118 valence electrons. The molecule has 4 nitrogen and oxygen atoms in total. The van der Waals surface area contributed by atoms with Crippen molar-refractivity contribution in [3.05, 3.63) is 30.3 Å². The van der Waals surface area contributed by atoms with E-state index in [1.165, 1.54) is 7.11 Å². The molecule has 1 atom stereocenters. The van der Waals surface area contributed by atoms with Crippen LogP contribution in [0.5, 0.6) is 0 Å². The average molecular weight is 292 g/mol. The van der Waals surface area contributed by atoms with Crippen LogP contribution < -0.4 is 10.2 Å². The molecule has 0 aliphatic heterocycles. The number of esters is 1. The van der Waals surface area contributed by atoms with Crippen molar-refractivity contribution in [2.24, 2.45) is 0 Å². The quantitative estimate of drug-likeness (QED) is 0.711. The molecule has 1 N–H and O–H groups in total. The molecule has 0 fully saturated rings. The number of carbonyl (C=O) groups excluding carboxylic acids is 1. The van der Waals surface area contributed by atoms with E-state index in [0.29, 0.717) is 6.54 Å². The summed E-state index contributed by atoms with van der Waals surface area (Å²) < 4.78 is 4.93. The van der Waals surface area contributed by atoms with Crippen molar-refractivity contribution in [3.63, 3.8) is 0 Å². The topological polar surface area (TPSA) is 41.6 Å². The molecule has 0 amide bonds. The molecule has 0 heterocycles. The maximum atomic E-state index is 12.0. The number of methoxy groups -OCH3 is 1. The largest absolute Gasteiger partial charge is 0.468 e. The van der Waals surface area contributed by atoms with Gasteiger partial charge >= 0.3 is 5.97 Å². The number of rotatable bonds is 9. The summed E-state index contributed by atoms with van der Waals surface area (Å²) in [5.74, 6) is -0.207. The Morgan fingerprint density at radius 1 is 1.29 bits per heavy atom. The first-order chi connectivity index (χ1) is 10.1. The van der Waals surface area contributed by atoms with E-state index in [1.54, 1.807) is 0 Å². The van der Waals surface area contributed by atoms with Gasteiger partial charge in [-0.25, -0.2) is 0 Å². The van der Waals surface area contributed by atoms with Crippen molar-refractivity contribution in [2.75, 3.05) is 25.1 Å². The van der Waals surface area contributed by atoms with Gasteiger partial charge in [0, 0.05) is 24.8 Å². The Balaban J connectivity index is 2.83. The van der Waals surface area contributed by atoms with Crippen LogP contribution in [0.2, 0.25) is 0 Å². The van der Waals surface area contributed by atoms with Crippen LogP contribution in [0, 0.1) is 0 Å². The molecule has 0 radical (unpaired) electrons. The number of anilines is 1. The summed E-state index contributed by atoms with van der Waals surface area (Å²) in [6.07, 6.45) is 2.23. The van der Waals surface area contributed by atoms with E-state index in [9.17, 15) is 4.79 Å². The van der Waals surface area contributed by atoms with Gasteiger partial charge in [0.25, 0.3) is 0 Å². The molecule has 4 heteroatoms. The fourth-order valence-corrected chi connectivity index (χ4v) is 2.27. The smallest absolute Gasteiger partial charge is 0.324 e. The monoisotopic (exact) mass is 292 g/mol. The van der Waals surface area contributed by atoms with Crippen molar-refractivity contribution in [2.45, 2.75) is 45.7 Å². The Morgan fingerprint density at radius 3 is 2.48 bits per heavy atom. The second kappa shape index (κ2) is 9.40. The van der Waals surface area contributed by atoms with Gasteiger partial charge in [-0.3, -0.25) is 4.79 Å². The second-order valence-corrected chi connectivity index (χ2v) is 5.53. The predicted molar refractivity (Wildman–Crippen MR) is 87.6 cm³/mol. The predicted octanol–water partition coefficient (Wildman–Crippen LogP) is 2.83. The number of unbranched alkanes of at least 4 members (excludes halogenated alkanes) is 1. The van der Waals surface area contributed by atoms with Crippen molar-refractivity contribution in [3.8, 4) is 0 Å². The summed E-state index contributed by atoms with van der Waals surface area (Å²) in [6, 6.07) is 10.1. The molecule has 0 aromatic heterocycles. The average Bonchev–Trinajstić information content (AvgIpc) is 2.50. The zero-order chi connectivity index (χ0) is 15.7. The summed E-state index contributed by atoms with van der Waals surface area (Å²) in [6.45, 7) is 7.81. The van der Waals surface area contributed by atoms with Crippen LogP contribution in [0.3, 0.4) is 0 Å². The highest BCUT2D eigenvalue weighted by molar-refractivity contribution is 5.76. The van der Waals surface area contributed by atoms with Gasteiger partial charge in [-0.05, 0) is 18.6 Å². The van der Waals surface area contributed by atoms with Gasteiger partial charge in [0.1, 0.15) is 6.04 Å². The number of nitrogens with zero attached hydrogens (tertiary/aromatic N) is 1. The van der Waals surface area contributed by atoms with Crippen LogP contribution >= 0.6 is 0 Å². The summed E-state index contributed by atoms with van der Waals surface area (Å²) in [4.78, 5) is 14.2. The highest BCUT2D eigenvalue weighted by Gasteiger charge is 2.23. The molecule has 0 bridgehead atoms. The van der Waals surface area contributed by atoms with E-state index in [2.05, 4.69) is 29.3 Å². The number of hydrogen-bond acceptors (Lipinski definition) is 4. The molecule has 1 unspecified atom stereocenters. The maximum absolute atomic E-state index is 12.0. The third-order valence-corrected chi connectivity index (χ3v) is 3.33. The Labute approximate surface area is 128 Å². The zero-order valence-electron chi connectivity index (χ0n) is 13.6. The van der Waals surface area contributed by atoms with Crippen LogP contribution in [0.1, 0.15) is 33.6 Å². The molecule has 0 saturated carbocycles. The molecule has 0 aliphatic rings. The van der Waals surface area contributed by atoms with Gasteiger partial charge in [-0.1, -0.05) is 45.4 Å². The van der Waals surface area contributed by atoms with E-state index in [-0.39, 0.29) is 18.1 Å². The van der Waals surface area contributed by atoms with Crippen LogP contribution in [-0.2, 0) is 9.53 Å². The minimum Gasteiger partial charge on any atom is -0.468 e. The number of para-hydroxylation sites is 1. The summed E-state index contributed by atoms with van der Waals surface area (Å²) in [7, 11) is 1.44. The molecule has 1 rings (SSSR count). The van der Waals surface area contributed by atoms with Crippen molar-refractivity contribution in [1.29, 1.82) is 0 Å². The Morgan fingerprint density at radius 2 is 1.95 bits per heavy atom. The van der Waals surface area contributed by atoms with E-state index in [0.717, 1.165) is 25.1 Å². The summed E-state index contributed by atoms with van der Waals surface area (Å²) in [5.41, 5.74) is 1.14. The van der Waals surface area contributed by atoms with Crippen molar-refractivity contribution >= 4 is 11.7 Å². The van der Waals surface area contributed by atoms with Crippen molar-refractivity contribution < 1.29 is 9.53 Å². The summed E-state index contributed by atoms with van der Waals surface area (Å²) in [5, 5.41) is 3.29. The first kappa shape index (κ1) is 17.5. The van der Waals surface area contributed by atoms with E-state index < -0.39 is 0 Å². The van der Waals surface area contributed by atoms with Gasteiger partial charge in [0.2, 0.25) is 0 Å². The minimum atomic E-state index is -0.313. The molecule has 0 saturated heterocycles. The van der Waals surface area contributed by atoms with Crippen molar-refractivity contribution in [1.82, 2.24) is 5.32 Å². The normalized spacial score (nSPS) is 12.2. The molecule has 1 aromatic rings. The molecule has 1 aromatic carbocycles. The lowest BCUT2D eigenvalue weighted by Crippen LogP contribution is -2.49. The Bertz CT molecular complexity index is 407. The van der Waals surface area contributed by atoms with E-state index in [1.807, 2.05) is 32.0 Å². The van der Waals surface area contributed by atoms with Gasteiger partial charge in [0.15, 0.2) is 0 Å². The zero-order valence-corrected chi connectivity index (χ0v) is 13.6. The van der Waals surface area contributed by atoms with E-state index >= 15 is 0 Å². The molecule has 0 aliphatic carbocycles. The van der Waals surface area contributed by atoms with E-state index in [4.69, 9.17) is 4.74 Å². The lowest BCUT2D eigenvalue weighted by Gasteiger charge is -2.29. The minimum absolute atomic E-state index is 0.207. The second-order valence-electron chi connectivity index (χ2n) is 5.53. The molecular formula is C17H28N2O2. The van der Waals surface area contributed by atoms with Crippen LogP contribution in [0.15, 0.2) is 30.3 Å². The fraction of sp³-hybridized carbons (Fsp3) is 0.588. The Hall–Kier alpha value is -1.55. The third-order valence-electron chi connectivity index (χ3n) is 3.33. The molecule has 0 spiro atoms. The van der Waals surface area contributed by atoms with Crippen LogP contribution in [0.25, 0.3) is 0 Å². The molecule has 21 heavy (non-hydrogen) atoms. The highest BCUT2D eigenvalue weighted by Crippen LogP contribution is 2.15. The van der Waals surface area contributed by atoms with Crippen LogP contribution in [-0.4, -0.2) is 38.3 Å². The number of carbonyl (C=O) groups is 1. The first-order valence-electron chi connectivity index (χ1n) is 7.72. The van der Waals surface area contributed by atoms with Gasteiger partial charge in [0.05, 0.1) is 7.11 Å². The summed E-state index contributed by atoms with van der Waals surface area (Å²) >= 11 is 0. The lowest BCUT2D eigenvalue weighted by molar-refractivity contribution is -0.143. The number of benzene rings is 1. The maximum Gasteiger partial charge on any atom is 0.324 e. The lowest BCUT2D eigenvalue weighted by atomic mass is 10.2. The van der Waals surface area contributed by atoms with Crippen LogP contribution in [0.4, 0.5) is 5.69 Å². The van der Waals surface area contributed by atoms with Gasteiger partial charge < -0.3 is 15.0 Å². The molecular weight excluding hydrogens is 264 g/mol. The van der Waals surface area contributed by atoms with Gasteiger partial charge in [-0.2, -0.15) is 0 Å². The third kappa shape index (κ3) is 6.17. The number of hydrogen-bond donors (Lipinski definition) is 1.